The summed E-state index contributed by atoms with van der Waals surface area (Å²) in [5, 5.41) is 3.06. The van der Waals surface area contributed by atoms with Crippen LogP contribution < -0.4 is 5.32 Å². The van der Waals surface area contributed by atoms with E-state index >= 15 is 0 Å². The zero-order valence-corrected chi connectivity index (χ0v) is 31.0. The summed E-state index contributed by atoms with van der Waals surface area (Å²) in [5.41, 5.74) is 0.499. The van der Waals surface area contributed by atoms with Gasteiger partial charge >= 0.3 is 12.1 Å². The molecule has 5 atom stereocenters. The van der Waals surface area contributed by atoms with Crippen LogP contribution in [0.2, 0.25) is 0 Å². The minimum absolute atomic E-state index is 0.0323. The largest absolute Gasteiger partial charge is 0.460 e. The number of amides is 3. The lowest BCUT2D eigenvalue weighted by atomic mass is 9.90. The van der Waals surface area contributed by atoms with Crippen molar-refractivity contribution in [3.05, 3.63) is 77.4 Å². The molecule has 284 valence electrons. The summed E-state index contributed by atoms with van der Waals surface area (Å²) < 4.78 is 26.0. The number of rotatable bonds is 7. The summed E-state index contributed by atoms with van der Waals surface area (Å²) in [6.45, 7) is 5.93. The van der Waals surface area contributed by atoms with Gasteiger partial charge in [0, 0.05) is 49.8 Å². The number of halogens is 1. The molecule has 3 aliphatic heterocycles. The van der Waals surface area contributed by atoms with E-state index in [4.69, 9.17) is 9.47 Å². The third-order valence-electron chi connectivity index (χ3n) is 10.9. The number of aromatic nitrogens is 1. The number of ketones is 1. The second kappa shape index (κ2) is 16.2. The van der Waals surface area contributed by atoms with E-state index < -0.39 is 41.1 Å². The molecule has 1 aromatic carbocycles. The Bertz CT molecular complexity index is 1730. The molecule has 1 N–H and O–H groups in total. The van der Waals surface area contributed by atoms with Gasteiger partial charge < -0.3 is 19.7 Å². The van der Waals surface area contributed by atoms with Gasteiger partial charge in [-0.1, -0.05) is 37.1 Å². The maximum atomic E-state index is 14.5. The molecule has 11 nitrogen and oxygen atoms in total. The predicted molar refractivity (Wildman–Crippen MR) is 193 cm³/mol. The van der Waals surface area contributed by atoms with Crippen LogP contribution in [0.25, 0.3) is 0 Å². The lowest BCUT2D eigenvalue weighted by molar-refractivity contribution is -0.159. The molecule has 2 aromatic rings. The summed E-state index contributed by atoms with van der Waals surface area (Å²) in [7, 11) is 0. The first-order valence-electron chi connectivity index (χ1n) is 18.9. The van der Waals surface area contributed by atoms with Gasteiger partial charge in [0.2, 0.25) is 11.8 Å². The molecule has 2 fully saturated rings. The zero-order valence-electron chi connectivity index (χ0n) is 31.0. The predicted octanol–water partition coefficient (Wildman–Crippen LogP) is 5.84. The molecule has 4 unspecified atom stereocenters. The standard InChI is InChI=1S/C41H51FN4O7/c1-40(2,3)53-36(48)20-28-10-7-5-4-6-8-12-30-22-41(30,38(50)44-19-16-27-14-17-43-18-15-27)23-35(47)34-21-31(25-46(34)37(28)49)52-39(51)45-24-29-11-9-13-33(42)32(29)26-45/h8-9,11-15,17-18,28,30-31,34H,4-7,10,16,19-26H2,1-3H3,(H,44,50)/b12-8-/t28?,30?,31?,34-,41?/m0/s1. The van der Waals surface area contributed by atoms with E-state index in [9.17, 15) is 28.4 Å². The molecule has 0 bridgehead atoms. The van der Waals surface area contributed by atoms with Crippen molar-refractivity contribution in [3.63, 3.8) is 0 Å². The Balaban J connectivity index is 1.22. The van der Waals surface area contributed by atoms with E-state index in [1.54, 1.807) is 45.3 Å². The van der Waals surface area contributed by atoms with E-state index in [1.165, 1.54) is 15.9 Å². The van der Waals surface area contributed by atoms with E-state index in [0.717, 1.165) is 24.8 Å². The second-order valence-electron chi connectivity index (χ2n) is 16.0. The average molecular weight is 731 g/mol. The fourth-order valence-electron chi connectivity index (χ4n) is 7.99. The van der Waals surface area contributed by atoms with Crippen LogP contribution in [-0.2, 0) is 48.2 Å². The van der Waals surface area contributed by atoms with Crippen LogP contribution in [0.4, 0.5) is 9.18 Å². The maximum absolute atomic E-state index is 14.5. The van der Waals surface area contributed by atoms with Crippen molar-refractivity contribution < 1.29 is 37.8 Å². The molecule has 12 heteroatoms. The van der Waals surface area contributed by atoms with Crippen LogP contribution in [0.1, 0.15) is 95.2 Å². The Morgan fingerprint density at radius 1 is 1.06 bits per heavy atom. The molecule has 4 aliphatic rings. The lowest BCUT2D eigenvalue weighted by Crippen LogP contribution is -2.46. The highest BCUT2D eigenvalue weighted by Crippen LogP contribution is 2.57. The van der Waals surface area contributed by atoms with Gasteiger partial charge in [-0.05, 0) is 88.1 Å². The molecule has 4 heterocycles. The van der Waals surface area contributed by atoms with Crippen LogP contribution in [0.5, 0.6) is 0 Å². The lowest BCUT2D eigenvalue weighted by Gasteiger charge is -2.29. The smallest absolute Gasteiger partial charge is 0.410 e. The van der Waals surface area contributed by atoms with Crippen molar-refractivity contribution in [2.45, 2.75) is 116 Å². The van der Waals surface area contributed by atoms with Crippen LogP contribution in [0, 0.1) is 23.1 Å². The molecule has 0 spiro atoms. The number of nitrogens with zero attached hydrogens (tertiary/aromatic N) is 3. The Kier molecular flexibility index (Phi) is 11.6. The number of ether oxygens (including phenoxy) is 2. The molecule has 1 saturated carbocycles. The number of nitrogens with one attached hydrogen (secondary N) is 1. The van der Waals surface area contributed by atoms with E-state index in [-0.39, 0.29) is 68.2 Å². The Labute approximate surface area is 310 Å². The van der Waals surface area contributed by atoms with Crippen molar-refractivity contribution in [1.82, 2.24) is 20.1 Å². The van der Waals surface area contributed by atoms with Gasteiger partial charge in [0.15, 0.2) is 5.78 Å². The molecular formula is C41H51FN4O7. The average Bonchev–Trinajstić information content (AvgIpc) is 3.40. The first kappa shape index (κ1) is 38.1. The molecule has 6 rings (SSSR count). The fraction of sp³-hybridized carbons (Fsp3) is 0.561. The van der Waals surface area contributed by atoms with Crippen molar-refractivity contribution in [2.75, 3.05) is 13.1 Å². The first-order chi connectivity index (χ1) is 25.3. The van der Waals surface area contributed by atoms with Crippen LogP contribution in [-0.4, -0.2) is 75.3 Å². The van der Waals surface area contributed by atoms with Gasteiger partial charge in [0.25, 0.3) is 0 Å². The third kappa shape index (κ3) is 9.31. The van der Waals surface area contributed by atoms with Crippen LogP contribution >= 0.6 is 0 Å². The zero-order chi connectivity index (χ0) is 37.8. The number of esters is 1. The molecule has 1 aliphatic carbocycles. The Hall–Kier alpha value is -4.61. The van der Waals surface area contributed by atoms with Gasteiger partial charge in [0.05, 0.1) is 31.0 Å². The Morgan fingerprint density at radius 2 is 1.85 bits per heavy atom. The SMILES string of the molecule is CC(C)(C)OC(=O)CC1CCCCC/C=C\C2CC2(C(=O)NCCc2ccncc2)CC(=O)[C@@H]2CC(OC(=O)N3Cc4cccc(F)c4C3)CN2C1=O. The number of Topliss-reactive ketones (excluding diaryl/α,β-unsaturated/α-hetero) is 1. The minimum atomic E-state index is -0.952. The van der Waals surface area contributed by atoms with Gasteiger partial charge in [-0.25, -0.2) is 9.18 Å². The molecule has 53 heavy (non-hydrogen) atoms. The Morgan fingerprint density at radius 3 is 2.60 bits per heavy atom. The van der Waals surface area contributed by atoms with E-state index in [1.807, 2.05) is 12.1 Å². The molecule has 3 amide bonds. The highest BCUT2D eigenvalue weighted by molar-refractivity contribution is 5.97. The highest BCUT2D eigenvalue weighted by Gasteiger charge is 2.60. The number of carbonyl (C=O) groups excluding carboxylic acids is 5. The summed E-state index contributed by atoms with van der Waals surface area (Å²) in [6, 6.07) is 7.57. The first-order valence-corrected chi connectivity index (χ1v) is 18.9. The van der Waals surface area contributed by atoms with Gasteiger partial charge in [-0.2, -0.15) is 0 Å². The summed E-state index contributed by atoms with van der Waals surface area (Å²) in [5.74, 6) is -2.56. The van der Waals surface area contributed by atoms with Crippen LogP contribution in [0.15, 0.2) is 54.9 Å². The molecule has 1 saturated heterocycles. The third-order valence-corrected chi connectivity index (χ3v) is 10.9. The maximum Gasteiger partial charge on any atom is 0.410 e. The summed E-state index contributed by atoms with van der Waals surface area (Å²) in [6.07, 6.45) is 10.7. The van der Waals surface area contributed by atoms with Crippen molar-refractivity contribution in [1.29, 1.82) is 0 Å². The number of carbonyl (C=O) groups is 5. The molecule has 0 radical (unpaired) electrons. The number of hydrogen-bond acceptors (Lipinski definition) is 8. The fourth-order valence-corrected chi connectivity index (χ4v) is 7.99. The van der Waals surface area contributed by atoms with Gasteiger partial charge in [-0.15, -0.1) is 0 Å². The number of pyridine rings is 1. The topological polar surface area (TPSA) is 135 Å². The monoisotopic (exact) mass is 730 g/mol. The highest BCUT2D eigenvalue weighted by atomic mass is 19.1. The quantitative estimate of drug-likeness (QED) is 0.278. The van der Waals surface area contributed by atoms with Crippen molar-refractivity contribution in [2.24, 2.45) is 17.3 Å². The second-order valence-corrected chi connectivity index (χ2v) is 16.0. The number of hydrogen-bond donors (Lipinski definition) is 1. The number of allylic oxidation sites excluding steroid dienone is 2. The van der Waals surface area contributed by atoms with Gasteiger partial charge in [0.1, 0.15) is 17.5 Å². The summed E-state index contributed by atoms with van der Waals surface area (Å²) in [4.78, 5) is 76.1. The molecular weight excluding hydrogens is 679 g/mol. The van der Waals surface area contributed by atoms with E-state index in [0.29, 0.717) is 43.4 Å². The van der Waals surface area contributed by atoms with Crippen molar-refractivity contribution >= 4 is 29.7 Å². The van der Waals surface area contributed by atoms with Crippen LogP contribution in [0.3, 0.4) is 0 Å². The number of fused-ring (bicyclic) bond motifs is 3. The van der Waals surface area contributed by atoms with Crippen molar-refractivity contribution in [3.8, 4) is 0 Å². The minimum Gasteiger partial charge on any atom is -0.460 e. The normalized spacial score (nSPS) is 26.7. The number of benzene rings is 1. The summed E-state index contributed by atoms with van der Waals surface area (Å²) >= 11 is 0. The van der Waals surface area contributed by atoms with Gasteiger partial charge in [-0.3, -0.25) is 29.1 Å². The molecule has 1 aromatic heterocycles. The van der Waals surface area contributed by atoms with E-state index in [2.05, 4.69) is 22.5 Å².